The molecule has 1 aromatic heterocycles. The third kappa shape index (κ3) is 3.73. The van der Waals surface area contributed by atoms with Gasteiger partial charge in [-0.05, 0) is 43.0 Å². The van der Waals surface area contributed by atoms with Crippen LogP contribution in [0.25, 0.3) is 0 Å². The highest BCUT2D eigenvalue weighted by molar-refractivity contribution is 7.17. The molecule has 4 amide bonds. The summed E-state index contributed by atoms with van der Waals surface area (Å²) in [6, 6.07) is 6.09. The molecule has 1 aliphatic carbocycles. The van der Waals surface area contributed by atoms with Crippen molar-refractivity contribution in [2.24, 2.45) is 0 Å². The number of hydrogen-bond donors (Lipinski definition) is 2. The quantitative estimate of drug-likeness (QED) is 0.839. The molecule has 0 aliphatic heterocycles. The number of anilines is 1. The molecule has 0 unspecified atom stereocenters. The maximum Gasteiger partial charge on any atom is 0.323 e. The van der Waals surface area contributed by atoms with Crippen molar-refractivity contribution in [1.29, 1.82) is 0 Å². The van der Waals surface area contributed by atoms with Gasteiger partial charge < -0.3 is 10.2 Å². The first-order valence-electron chi connectivity index (χ1n) is 8.11. The lowest BCUT2D eigenvalue weighted by atomic mass is 10.1. The number of imide groups is 1. The SMILES string of the molecule is CN(C)C(=O)NC(=O)c1c(NC(=O)c2cccc(Cl)c2)sc2c1CCC2. The second kappa shape index (κ2) is 7.47. The summed E-state index contributed by atoms with van der Waals surface area (Å²) >= 11 is 7.33. The summed E-state index contributed by atoms with van der Waals surface area (Å²) in [5.74, 6) is -0.843. The highest BCUT2D eigenvalue weighted by atomic mass is 35.5. The fraction of sp³-hybridized carbons (Fsp3) is 0.278. The molecule has 1 heterocycles. The van der Waals surface area contributed by atoms with Gasteiger partial charge in [-0.1, -0.05) is 17.7 Å². The van der Waals surface area contributed by atoms with Gasteiger partial charge in [0.2, 0.25) is 0 Å². The van der Waals surface area contributed by atoms with E-state index in [-0.39, 0.29) is 5.91 Å². The molecule has 0 atom stereocenters. The Morgan fingerprint density at radius 2 is 1.92 bits per heavy atom. The van der Waals surface area contributed by atoms with Gasteiger partial charge in [0.1, 0.15) is 5.00 Å². The molecule has 1 aliphatic rings. The van der Waals surface area contributed by atoms with Crippen LogP contribution >= 0.6 is 22.9 Å². The summed E-state index contributed by atoms with van der Waals surface area (Å²) < 4.78 is 0. The monoisotopic (exact) mass is 391 g/mol. The molecule has 8 heteroatoms. The highest BCUT2D eigenvalue weighted by Gasteiger charge is 2.28. The van der Waals surface area contributed by atoms with E-state index in [0.717, 1.165) is 29.7 Å². The summed E-state index contributed by atoms with van der Waals surface area (Å²) in [5, 5.41) is 6.08. The third-order valence-corrected chi connectivity index (χ3v) is 5.53. The summed E-state index contributed by atoms with van der Waals surface area (Å²) in [6.07, 6.45) is 2.60. The summed E-state index contributed by atoms with van der Waals surface area (Å²) in [6.45, 7) is 0. The van der Waals surface area contributed by atoms with Crippen LogP contribution in [0.15, 0.2) is 24.3 Å². The number of rotatable bonds is 3. The smallest absolute Gasteiger partial charge is 0.323 e. The van der Waals surface area contributed by atoms with E-state index in [1.165, 1.54) is 16.2 Å². The van der Waals surface area contributed by atoms with Crippen molar-refractivity contribution in [1.82, 2.24) is 10.2 Å². The molecule has 0 fully saturated rings. The number of fused-ring (bicyclic) bond motifs is 1. The number of hydrogen-bond acceptors (Lipinski definition) is 4. The van der Waals surface area contributed by atoms with Crippen LogP contribution in [0, 0.1) is 0 Å². The van der Waals surface area contributed by atoms with Gasteiger partial charge in [0.05, 0.1) is 5.56 Å². The third-order valence-electron chi connectivity index (χ3n) is 4.09. The van der Waals surface area contributed by atoms with Crippen LogP contribution in [0.4, 0.5) is 9.80 Å². The average molecular weight is 392 g/mol. The highest BCUT2D eigenvalue weighted by Crippen LogP contribution is 2.39. The number of carbonyl (C=O) groups excluding carboxylic acids is 3. The number of thiophene rings is 1. The Morgan fingerprint density at radius 3 is 2.62 bits per heavy atom. The van der Waals surface area contributed by atoms with Gasteiger partial charge in [0, 0.05) is 29.6 Å². The Bertz CT molecular complexity index is 892. The Morgan fingerprint density at radius 1 is 1.15 bits per heavy atom. The zero-order chi connectivity index (χ0) is 18.8. The molecule has 136 valence electrons. The Kier molecular flexibility index (Phi) is 5.29. The number of aryl methyl sites for hydroxylation is 1. The minimum Gasteiger partial charge on any atom is -0.331 e. The largest absolute Gasteiger partial charge is 0.331 e. The molecule has 2 aromatic rings. The van der Waals surface area contributed by atoms with Crippen LogP contribution in [0.3, 0.4) is 0 Å². The molecule has 3 rings (SSSR count). The molecule has 6 nitrogen and oxygen atoms in total. The zero-order valence-corrected chi connectivity index (χ0v) is 16.0. The zero-order valence-electron chi connectivity index (χ0n) is 14.4. The first kappa shape index (κ1) is 18.4. The van der Waals surface area contributed by atoms with Gasteiger partial charge >= 0.3 is 6.03 Å². The molecule has 0 saturated heterocycles. The number of nitrogens with zero attached hydrogens (tertiary/aromatic N) is 1. The predicted molar refractivity (Wildman–Crippen MR) is 102 cm³/mol. The number of nitrogens with one attached hydrogen (secondary N) is 2. The van der Waals surface area contributed by atoms with E-state index >= 15 is 0 Å². The van der Waals surface area contributed by atoms with Crippen molar-refractivity contribution >= 4 is 45.8 Å². The van der Waals surface area contributed by atoms with Gasteiger partial charge in [0.15, 0.2) is 0 Å². The van der Waals surface area contributed by atoms with Gasteiger partial charge in [-0.15, -0.1) is 11.3 Å². The second-order valence-electron chi connectivity index (χ2n) is 6.18. The molecule has 0 radical (unpaired) electrons. The van der Waals surface area contributed by atoms with Crippen molar-refractivity contribution < 1.29 is 14.4 Å². The molecule has 1 aromatic carbocycles. The molecule has 0 spiro atoms. The molecular weight excluding hydrogens is 374 g/mol. The van der Waals surface area contributed by atoms with Gasteiger partial charge in [0.25, 0.3) is 11.8 Å². The number of carbonyl (C=O) groups is 3. The number of urea groups is 1. The predicted octanol–water partition coefficient (Wildman–Crippen LogP) is 3.55. The lowest BCUT2D eigenvalue weighted by Gasteiger charge is -2.12. The van der Waals surface area contributed by atoms with E-state index in [9.17, 15) is 14.4 Å². The van der Waals surface area contributed by atoms with E-state index < -0.39 is 11.9 Å². The minimum absolute atomic E-state index is 0.347. The lowest BCUT2D eigenvalue weighted by Crippen LogP contribution is -2.39. The van der Waals surface area contributed by atoms with E-state index in [1.54, 1.807) is 38.4 Å². The molecule has 2 N–H and O–H groups in total. The van der Waals surface area contributed by atoms with Crippen molar-refractivity contribution in [2.75, 3.05) is 19.4 Å². The number of benzene rings is 1. The second-order valence-corrected chi connectivity index (χ2v) is 7.72. The van der Waals surface area contributed by atoms with Crippen LogP contribution < -0.4 is 10.6 Å². The topological polar surface area (TPSA) is 78.5 Å². The maximum absolute atomic E-state index is 12.6. The van der Waals surface area contributed by atoms with Crippen LogP contribution in [0.5, 0.6) is 0 Å². The maximum atomic E-state index is 12.6. The van der Waals surface area contributed by atoms with Crippen LogP contribution in [0.2, 0.25) is 5.02 Å². The normalized spacial score (nSPS) is 12.4. The van der Waals surface area contributed by atoms with E-state index in [0.29, 0.717) is 21.2 Å². The summed E-state index contributed by atoms with van der Waals surface area (Å²) in [4.78, 5) is 39.4. The van der Waals surface area contributed by atoms with Crippen LogP contribution in [-0.4, -0.2) is 36.8 Å². The standard InChI is InChI=1S/C18H18ClN3O3S/c1-22(2)18(25)21-16(24)14-12-7-4-8-13(12)26-17(14)20-15(23)10-5-3-6-11(19)9-10/h3,5-6,9H,4,7-8H2,1-2H3,(H,20,23)(H,21,24,25). The fourth-order valence-corrected chi connectivity index (χ4v) is 4.28. The van der Waals surface area contributed by atoms with Crippen molar-refractivity contribution in [2.45, 2.75) is 19.3 Å². The summed E-state index contributed by atoms with van der Waals surface area (Å²) in [7, 11) is 3.12. The van der Waals surface area contributed by atoms with Gasteiger partial charge in [-0.3, -0.25) is 14.9 Å². The van der Waals surface area contributed by atoms with Crippen molar-refractivity contribution in [3.05, 3.63) is 50.9 Å². The molecular formula is C18H18ClN3O3S. The Labute approximate surface area is 160 Å². The lowest BCUT2D eigenvalue weighted by molar-refractivity contribution is 0.0957. The molecule has 0 saturated carbocycles. The first-order chi connectivity index (χ1) is 12.4. The fourth-order valence-electron chi connectivity index (χ4n) is 2.81. The number of amides is 4. The minimum atomic E-state index is -0.500. The Balaban J connectivity index is 1.89. The van der Waals surface area contributed by atoms with Crippen molar-refractivity contribution in [3.8, 4) is 0 Å². The Hall–Kier alpha value is -2.38. The molecule has 0 bridgehead atoms. The van der Waals surface area contributed by atoms with Gasteiger partial charge in [-0.2, -0.15) is 0 Å². The first-order valence-corrected chi connectivity index (χ1v) is 9.30. The van der Waals surface area contributed by atoms with Crippen molar-refractivity contribution in [3.63, 3.8) is 0 Å². The number of halogens is 1. The summed E-state index contributed by atoms with van der Waals surface area (Å²) in [5.41, 5.74) is 1.70. The van der Waals surface area contributed by atoms with E-state index in [4.69, 9.17) is 11.6 Å². The van der Waals surface area contributed by atoms with Crippen LogP contribution in [-0.2, 0) is 12.8 Å². The van der Waals surface area contributed by atoms with E-state index in [2.05, 4.69) is 10.6 Å². The van der Waals surface area contributed by atoms with E-state index in [1.807, 2.05) is 0 Å². The molecule has 26 heavy (non-hydrogen) atoms. The average Bonchev–Trinajstić information content (AvgIpc) is 3.14. The van der Waals surface area contributed by atoms with Gasteiger partial charge in [-0.25, -0.2) is 4.79 Å². The van der Waals surface area contributed by atoms with Crippen LogP contribution in [0.1, 0.15) is 37.6 Å².